The molecular weight excluding hydrogens is 340 g/mol. The fraction of sp³-hybridized carbons (Fsp3) is 0.381. The molecule has 0 saturated carbocycles. The molecule has 0 bridgehead atoms. The van der Waals surface area contributed by atoms with E-state index in [2.05, 4.69) is 15.6 Å². The van der Waals surface area contributed by atoms with Crippen molar-refractivity contribution in [2.24, 2.45) is 5.73 Å². The molecular formula is C21H28N4O2. The minimum atomic E-state index is -0.696. The maximum atomic E-state index is 12.8. The van der Waals surface area contributed by atoms with Gasteiger partial charge in [-0.15, -0.1) is 0 Å². The highest BCUT2D eigenvalue weighted by molar-refractivity contribution is 5.97. The highest BCUT2D eigenvalue weighted by atomic mass is 16.2. The Morgan fingerprint density at radius 1 is 1.11 bits per heavy atom. The highest BCUT2D eigenvalue weighted by Gasteiger charge is 2.26. The van der Waals surface area contributed by atoms with E-state index >= 15 is 0 Å². The Balaban J connectivity index is 2.11. The average molecular weight is 368 g/mol. The number of carbonyl (C=O) groups excluding carboxylic acids is 2. The van der Waals surface area contributed by atoms with Gasteiger partial charge in [0.2, 0.25) is 5.91 Å². The number of nitrogens with zero attached hydrogens (tertiary/aromatic N) is 1. The lowest BCUT2D eigenvalue weighted by Crippen LogP contribution is -2.54. The van der Waals surface area contributed by atoms with Gasteiger partial charge in [0.25, 0.3) is 5.91 Å². The zero-order valence-electron chi connectivity index (χ0n) is 15.9. The quantitative estimate of drug-likeness (QED) is 0.631. The van der Waals surface area contributed by atoms with Crippen LogP contribution in [0.25, 0.3) is 0 Å². The second-order valence-corrected chi connectivity index (χ2v) is 6.74. The van der Waals surface area contributed by atoms with Crippen LogP contribution in [0.15, 0.2) is 54.9 Å². The van der Waals surface area contributed by atoms with Crippen molar-refractivity contribution in [1.29, 1.82) is 0 Å². The normalized spacial score (nSPS) is 12.3. The smallest absolute Gasteiger partial charge is 0.253 e. The Morgan fingerprint density at radius 2 is 1.81 bits per heavy atom. The molecule has 27 heavy (non-hydrogen) atoms. The number of hydrogen-bond donors (Lipinski definition) is 3. The van der Waals surface area contributed by atoms with Crippen LogP contribution in [0.2, 0.25) is 0 Å². The summed E-state index contributed by atoms with van der Waals surface area (Å²) in [6.07, 6.45) is 4.99. The van der Waals surface area contributed by atoms with Gasteiger partial charge in [-0.1, -0.05) is 44.2 Å². The Labute approximate surface area is 160 Å². The van der Waals surface area contributed by atoms with E-state index in [0.29, 0.717) is 18.5 Å². The number of aromatic nitrogens is 1. The molecule has 1 aromatic heterocycles. The first-order valence-corrected chi connectivity index (χ1v) is 9.29. The number of nitrogens with one attached hydrogen (secondary N) is 2. The first-order valence-electron chi connectivity index (χ1n) is 9.29. The molecule has 0 radical (unpaired) electrons. The molecule has 2 amide bonds. The minimum absolute atomic E-state index is 0.243. The largest absolute Gasteiger partial charge is 0.352 e. The second kappa shape index (κ2) is 9.83. The van der Waals surface area contributed by atoms with Crippen molar-refractivity contribution in [3.8, 4) is 0 Å². The van der Waals surface area contributed by atoms with Crippen LogP contribution in [-0.2, 0) is 11.2 Å². The first kappa shape index (κ1) is 20.6. The van der Waals surface area contributed by atoms with Gasteiger partial charge in [0.15, 0.2) is 0 Å². The maximum Gasteiger partial charge on any atom is 0.253 e. The van der Waals surface area contributed by atoms with Crippen molar-refractivity contribution in [1.82, 2.24) is 15.6 Å². The van der Waals surface area contributed by atoms with E-state index in [-0.39, 0.29) is 11.8 Å². The van der Waals surface area contributed by atoms with Crippen LogP contribution in [0.3, 0.4) is 0 Å². The Kier molecular flexibility index (Phi) is 7.49. The third-order valence-electron chi connectivity index (χ3n) is 4.85. The van der Waals surface area contributed by atoms with Crippen molar-refractivity contribution in [2.75, 3.05) is 6.54 Å². The molecule has 2 rings (SSSR count). The molecule has 0 spiro atoms. The van der Waals surface area contributed by atoms with E-state index < -0.39 is 11.6 Å². The van der Waals surface area contributed by atoms with Gasteiger partial charge in [-0.05, 0) is 30.5 Å². The van der Waals surface area contributed by atoms with Gasteiger partial charge in [0.1, 0.15) is 6.04 Å². The summed E-state index contributed by atoms with van der Waals surface area (Å²) in [6.45, 7) is 4.37. The van der Waals surface area contributed by atoms with Gasteiger partial charge in [-0.2, -0.15) is 0 Å². The van der Waals surface area contributed by atoms with Gasteiger partial charge in [-0.25, -0.2) is 0 Å². The van der Waals surface area contributed by atoms with Gasteiger partial charge in [-0.3, -0.25) is 14.6 Å². The molecule has 0 aliphatic heterocycles. The summed E-state index contributed by atoms with van der Waals surface area (Å²) in [4.78, 5) is 29.3. The van der Waals surface area contributed by atoms with Crippen LogP contribution >= 0.6 is 0 Å². The van der Waals surface area contributed by atoms with Crippen molar-refractivity contribution >= 4 is 11.8 Å². The monoisotopic (exact) mass is 368 g/mol. The molecule has 1 atom stereocenters. The molecule has 0 aliphatic rings. The molecule has 0 fully saturated rings. The summed E-state index contributed by atoms with van der Waals surface area (Å²) in [7, 11) is 0. The third-order valence-corrected chi connectivity index (χ3v) is 4.85. The zero-order valence-corrected chi connectivity index (χ0v) is 15.9. The van der Waals surface area contributed by atoms with E-state index in [1.54, 1.807) is 18.3 Å². The summed E-state index contributed by atoms with van der Waals surface area (Å²) >= 11 is 0. The van der Waals surface area contributed by atoms with E-state index in [1.807, 2.05) is 44.2 Å². The summed E-state index contributed by atoms with van der Waals surface area (Å²) in [5, 5.41) is 5.73. The van der Waals surface area contributed by atoms with Crippen LogP contribution in [0.5, 0.6) is 0 Å². The van der Waals surface area contributed by atoms with Crippen LogP contribution in [-0.4, -0.2) is 34.9 Å². The van der Waals surface area contributed by atoms with E-state index in [1.165, 1.54) is 6.20 Å². The third kappa shape index (κ3) is 6.18. The van der Waals surface area contributed by atoms with E-state index in [9.17, 15) is 9.59 Å². The van der Waals surface area contributed by atoms with Crippen molar-refractivity contribution in [3.63, 3.8) is 0 Å². The lowest BCUT2D eigenvalue weighted by atomic mass is 9.94. The van der Waals surface area contributed by atoms with Crippen LogP contribution < -0.4 is 16.4 Å². The van der Waals surface area contributed by atoms with E-state index in [4.69, 9.17) is 5.73 Å². The number of pyridine rings is 1. The lowest BCUT2D eigenvalue weighted by molar-refractivity contribution is -0.123. The molecule has 1 unspecified atom stereocenters. The predicted octanol–water partition coefficient (Wildman–Crippen LogP) is 2.06. The van der Waals surface area contributed by atoms with Crippen LogP contribution in [0, 0.1) is 0 Å². The van der Waals surface area contributed by atoms with Gasteiger partial charge in [0, 0.05) is 30.9 Å². The van der Waals surface area contributed by atoms with Gasteiger partial charge in [0.05, 0.1) is 5.56 Å². The summed E-state index contributed by atoms with van der Waals surface area (Å²) < 4.78 is 0. The molecule has 0 saturated heterocycles. The predicted molar refractivity (Wildman–Crippen MR) is 106 cm³/mol. The number of amides is 2. The summed E-state index contributed by atoms with van der Waals surface area (Å²) in [5.41, 5.74) is 7.22. The standard InChI is InChI=1S/C21H28N4O2/c1-3-21(22,4-2)15-24-20(27)18(13-16-9-6-5-7-10-16)25-19(26)17-11-8-12-23-14-17/h5-12,14,18H,3-4,13,15,22H2,1-2H3,(H,24,27)(H,25,26). The maximum absolute atomic E-state index is 12.8. The topological polar surface area (TPSA) is 97.1 Å². The molecule has 6 nitrogen and oxygen atoms in total. The Hall–Kier alpha value is -2.73. The summed E-state index contributed by atoms with van der Waals surface area (Å²) in [5.74, 6) is -0.572. The van der Waals surface area contributed by atoms with Gasteiger partial charge >= 0.3 is 0 Å². The Bertz CT molecular complexity index is 730. The van der Waals surface area contributed by atoms with Crippen LogP contribution in [0.1, 0.15) is 42.6 Å². The molecule has 0 aliphatic carbocycles. The van der Waals surface area contributed by atoms with Crippen molar-refractivity contribution < 1.29 is 9.59 Å². The first-order chi connectivity index (χ1) is 13.0. The number of rotatable bonds is 9. The fourth-order valence-corrected chi connectivity index (χ4v) is 2.68. The summed E-state index contributed by atoms with van der Waals surface area (Å²) in [6, 6.07) is 12.3. The molecule has 144 valence electrons. The van der Waals surface area contributed by atoms with Crippen molar-refractivity contribution in [3.05, 3.63) is 66.0 Å². The minimum Gasteiger partial charge on any atom is -0.352 e. The van der Waals surface area contributed by atoms with E-state index in [0.717, 1.165) is 18.4 Å². The van der Waals surface area contributed by atoms with Gasteiger partial charge < -0.3 is 16.4 Å². The van der Waals surface area contributed by atoms with Crippen molar-refractivity contribution in [2.45, 2.75) is 44.7 Å². The number of benzene rings is 1. The average Bonchev–Trinajstić information content (AvgIpc) is 2.72. The molecule has 1 aromatic carbocycles. The molecule has 6 heteroatoms. The number of hydrogen-bond acceptors (Lipinski definition) is 4. The molecule has 2 aromatic rings. The number of carbonyl (C=O) groups is 2. The van der Waals surface area contributed by atoms with Crippen LogP contribution in [0.4, 0.5) is 0 Å². The highest BCUT2D eigenvalue weighted by Crippen LogP contribution is 2.10. The SMILES string of the molecule is CCC(N)(CC)CNC(=O)C(Cc1ccccc1)NC(=O)c1cccnc1. The fourth-order valence-electron chi connectivity index (χ4n) is 2.68. The lowest BCUT2D eigenvalue weighted by Gasteiger charge is -2.28. The second-order valence-electron chi connectivity index (χ2n) is 6.74. The zero-order chi connectivity index (χ0) is 19.7. The molecule has 1 heterocycles. The molecule has 4 N–H and O–H groups in total. The Morgan fingerprint density at radius 3 is 2.41 bits per heavy atom. The number of nitrogens with two attached hydrogens (primary N) is 1.